The minimum Gasteiger partial charge on any atom is -0.494 e. The molecule has 0 aliphatic carbocycles. The lowest BCUT2D eigenvalue weighted by Crippen LogP contribution is -2.50. The number of ether oxygens (including phenoxy) is 1. The average molecular weight is 415 g/mol. The van der Waals surface area contributed by atoms with Gasteiger partial charge in [-0.15, -0.1) is 0 Å². The fraction of sp³-hybridized carbons (Fsp3) is 0.318. The van der Waals surface area contributed by atoms with Crippen LogP contribution in [0.4, 0.5) is 0 Å². The Hall–Kier alpha value is -2.64. The van der Waals surface area contributed by atoms with Crippen LogP contribution in [0.25, 0.3) is 6.08 Å². The maximum absolute atomic E-state index is 12.6. The first-order valence-electron chi connectivity index (χ1n) is 9.71. The number of amides is 1. The summed E-state index contributed by atoms with van der Waals surface area (Å²) in [5.41, 5.74) is 1.75. The summed E-state index contributed by atoms with van der Waals surface area (Å²) < 4.78 is 31.9. The van der Waals surface area contributed by atoms with E-state index in [1.54, 1.807) is 11.0 Å². The fourth-order valence-electron chi connectivity index (χ4n) is 3.16. The second-order valence-electron chi connectivity index (χ2n) is 6.79. The number of sulfonamides is 1. The predicted octanol–water partition coefficient (Wildman–Crippen LogP) is 2.77. The van der Waals surface area contributed by atoms with Gasteiger partial charge < -0.3 is 9.64 Å². The van der Waals surface area contributed by atoms with Crippen LogP contribution < -0.4 is 4.74 Å². The molecule has 0 spiro atoms. The van der Waals surface area contributed by atoms with E-state index in [0.29, 0.717) is 39.2 Å². The third-order valence-corrected chi connectivity index (χ3v) is 6.34. The number of carbonyl (C=O) groups excluding carboxylic acids is 1. The molecule has 1 aliphatic heterocycles. The van der Waals surface area contributed by atoms with E-state index in [2.05, 4.69) is 0 Å². The Morgan fingerprint density at radius 3 is 2.28 bits per heavy atom. The molecule has 1 aliphatic rings. The molecule has 0 radical (unpaired) electrons. The van der Waals surface area contributed by atoms with Gasteiger partial charge in [0.15, 0.2) is 0 Å². The summed E-state index contributed by atoms with van der Waals surface area (Å²) in [6.07, 6.45) is 1.89. The van der Waals surface area contributed by atoms with Crippen molar-refractivity contribution in [3.8, 4) is 5.75 Å². The normalized spacial score (nSPS) is 15.6. The summed E-state index contributed by atoms with van der Waals surface area (Å²) in [7, 11) is -3.50. The molecule has 2 aromatic rings. The number of carbonyl (C=O) groups is 1. The quantitative estimate of drug-likeness (QED) is 0.699. The molecule has 0 unspecified atom stereocenters. The van der Waals surface area contributed by atoms with Crippen molar-refractivity contribution in [2.75, 3.05) is 32.8 Å². The van der Waals surface area contributed by atoms with Crippen LogP contribution in [0.1, 0.15) is 18.1 Å². The van der Waals surface area contributed by atoms with E-state index < -0.39 is 10.0 Å². The fourth-order valence-corrected chi connectivity index (χ4v) is 4.34. The van der Waals surface area contributed by atoms with E-state index in [-0.39, 0.29) is 5.91 Å². The molecule has 0 atom stereocenters. The third-order valence-electron chi connectivity index (χ3n) is 4.77. The van der Waals surface area contributed by atoms with E-state index in [1.165, 1.54) is 9.71 Å². The van der Waals surface area contributed by atoms with Crippen LogP contribution in [0.2, 0.25) is 0 Å². The second kappa shape index (κ2) is 9.71. The Labute approximate surface area is 172 Å². The van der Waals surface area contributed by atoms with Crippen LogP contribution in [-0.2, 0) is 21.2 Å². The highest BCUT2D eigenvalue weighted by Gasteiger charge is 2.27. The lowest BCUT2D eigenvalue weighted by Gasteiger charge is -2.33. The Bertz CT molecular complexity index is 933. The molecule has 0 N–H and O–H groups in total. The molecule has 3 rings (SSSR count). The van der Waals surface area contributed by atoms with Crippen LogP contribution in [0.3, 0.4) is 0 Å². The largest absolute Gasteiger partial charge is 0.494 e. The van der Waals surface area contributed by atoms with Crippen LogP contribution in [0, 0.1) is 0 Å². The van der Waals surface area contributed by atoms with Gasteiger partial charge in [0.05, 0.1) is 13.0 Å². The lowest BCUT2D eigenvalue weighted by molar-refractivity contribution is -0.131. The molecule has 6 nitrogen and oxygen atoms in total. The summed E-state index contributed by atoms with van der Waals surface area (Å²) >= 11 is 0. The van der Waals surface area contributed by atoms with Gasteiger partial charge in [0.2, 0.25) is 15.9 Å². The zero-order valence-corrected chi connectivity index (χ0v) is 17.3. The summed E-state index contributed by atoms with van der Waals surface area (Å²) in [5.74, 6) is 0.789. The van der Waals surface area contributed by atoms with Crippen LogP contribution in [0.15, 0.2) is 60.0 Å². The molecule has 1 heterocycles. The number of piperazine rings is 1. The third kappa shape index (κ3) is 5.92. The van der Waals surface area contributed by atoms with Gasteiger partial charge in [-0.2, -0.15) is 4.31 Å². The average Bonchev–Trinajstić information content (AvgIpc) is 2.75. The minimum absolute atomic E-state index is 0.00559. The zero-order chi connectivity index (χ0) is 20.7. The number of nitrogens with zero attached hydrogens (tertiary/aromatic N) is 2. The van der Waals surface area contributed by atoms with Crippen LogP contribution in [-0.4, -0.2) is 56.3 Å². The molecule has 0 aromatic heterocycles. The van der Waals surface area contributed by atoms with Crippen LogP contribution in [0.5, 0.6) is 5.75 Å². The van der Waals surface area contributed by atoms with Gasteiger partial charge in [-0.1, -0.05) is 42.5 Å². The molecule has 1 fully saturated rings. The first kappa shape index (κ1) is 21.1. The number of hydrogen-bond acceptors (Lipinski definition) is 4. The van der Waals surface area contributed by atoms with Gasteiger partial charge in [0.1, 0.15) is 5.75 Å². The Kier molecular flexibility index (Phi) is 7.06. The van der Waals surface area contributed by atoms with E-state index >= 15 is 0 Å². The van der Waals surface area contributed by atoms with E-state index in [4.69, 9.17) is 4.74 Å². The molecule has 0 bridgehead atoms. The zero-order valence-electron chi connectivity index (χ0n) is 16.5. The van der Waals surface area contributed by atoms with Crippen LogP contribution >= 0.6 is 0 Å². The van der Waals surface area contributed by atoms with Crippen molar-refractivity contribution in [1.29, 1.82) is 0 Å². The highest BCUT2D eigenvalue weighted by molar-refractivity contribution is 7.92. The summed E-state index contributed by atoms with van der Waals surface area (Å²) in [6, 6.07) is 16.8. The van der Waals surface area contributed by atoms with Gasteiger partial charge >= 0.3 is 0 Å². The molecule has 1 amide bonds. The van der Waals surface area contributed by atoms with E-state index in [1.807, 2.05) is 61.5 Å². The highest BCUT2D eigenvalue weighted by Crippen LogP contribution is 2.15. The van der Waals surface area contributed by atoms with Crippen molar-refractivity contribution in [3.63, 3.8) is 0 Å². The van der Waals surface area contributed by atoms with Gasteiger partial charge in [-0.25, -0.2) is 8.42 Å². The SMILES string of the molecule is CCOc1ccc(CC(=O)N2CCN(S(=O)(=O)C=Cc3ccccc3)CC2)cc1. The van der Waals surface area contributed by atoms with Crippen molar-refractivity contribution >= 4 is 22.0 Å². The molecule has 154 valence electrons. The Balaban J connectivity index is 1.52. The van der Waals surface area contributed by atoms with Gasteiger partial charge in [0, 0.05) is 31.6 Å². The second-order valence-corrected chi connectivity index (χ2v) is 8.61. The van der Waals surface area contributed by atoms with E-state index in [9.17, 15) is 13.2 Å². The molecular weight excluding hydrogens is 388 g/mol. The monoisotopic (exact) mass is 414 g/mol. The molecule has 2 aromatic carbocycles. The molecule has 0 saturated carbocycles. The summed E-state index contributed by atoms with van der Waals surface area (Å²) in [6.45, 7) is 3.93. The first-order valence-corrected chi connectivity index (χ1v) is 11.2. The van der Waals surface area contributed by atoms with E-state index in [0.717, 1.165) is 16.9 Å². The first-order chi connectivity index (χ1) is 14.0. The maximum Gasteiger partial charge on any atom is 0.236 e. The molecule has 7 heteroatoms. The number of rotatable bonds is 7. The maximum atomic E-state index is 12.6. The topological polar surface area (TPSA) is 66.9 Å². The lowest BCUT2D eigenvalue weighted by atomic mass is 10.1. The Morgan fingerprint density at radius 2 is 1.66 bits per heavy atom. The van der Waals surface area contributed by atoms with Crippen molar-refractivity contribution in [2.24, 2.45) is 0 Å². The predicted molar refractivity (Wildman–Crippen MR) is 114 cm³/mol. The smallest absolute Gasteiger partial charge is 0.236 e. The number of hydrogen-bond donors (Lipinski definition) is 0. The molecular formula is C22H26N2O4S. The standard InChI is InChI=1S/C22H26N2O4S/c1-2-28-21-10-8-20(9-11-21)18-22(25)23-13-15-24(16-14-23)29(26,27)17-12-19-6-4-3-5-7-19/h3-12,17H,2,13-16,18H2,1H3. The van der Waals surface area contributed by atoms with Gasteiger partial charge in [-0.05, 0) is 36.3 Å². The van der Waals surface area contributed by atoms with Crippen molar-refractivity contribution in [1.82, 2.24) is 9.21 Å². The van der Waals surface area contributed by atoms with Crippen molar-refractivity contribution in [2.45, 2.75) is 13.3 Å². The summed E-state index contributed by atoms with van der Waals surface area (Å²) in [5, 5.41) is 1.24. The molecule has 29 heavy (non-hydrogen) atoms. The van der Waals surface area contributed by atoms with Gasteiger partial charge in [0.25, 0.3) is 0 Å². The minimum atomic E-state index is -3.50. The summed E-state index contributed by atoms with van der Waals surface area (Å²) in [4.78, 5) is 14.3. The van der Waals surface area contributed by atoms with Crippen molar-refractivity contribution in [3.05, 3.63) is 71.1 Å². The number of benzene rings is 2. The molecule has 1 saturated heterocycles. The van der Waals surface area contributed by atoms with Crippen molar-refractivity contribution < 1.29 is 17.9 Å². The Morgan fingerprint density at radius 1 is 1.00 bits per heavy atom. The highest BCUT2D eigenvalue weighted by atomic mass is 32.2. The van der Waals surface area contributed by atoms with Gasteiger partial charge in [-0.3, -0.25) is 4.79 Å².